The number of primary amides is 2. The summed E-state index contributed by atoms with van der Waals surface area (Å²) in [7, 11) is 0. The Morgan fingerprint density at radius 2 is 1.75 bits per heavy atom. The molecule has 0 aliphatic rings. The predicted octanol–water partition coefficient (Wildman–Crippen LogP) is 1.23. The fraction of sp³-hybridized carbons (Fsp3) is 0.214. The Bertz CT molecular complexity index is 612. The summed E-state index contributed by atoms with van der Waals surface area (Å²) in [4.78, 5) is 23.3. The highest BCUT2D eigenvalue weighted by atomic mass is 16.1. The standard InChI is InChI=1S/C14H16N4O2/c1-2-3-10-11(13(15)19)4-8(5-12(10)14(16)20)9-6-17-18-7-9/h4-7H,2-3H2,1H3,(H2,15,19)(H2,16,20)(H,17,18). The summed E-state index contributed by atoms with van der Waals surface area (Å²) in [5.41, 5.74) is 13.6. The maximum atomic E-state index is 11.6. The molecule has 0 unspecified atom stereocenters. The maximum Gasteiger partial charge on any atom is 0.249 e. The van der Waals surface area contributed by atoms with Gasteiger partial charge in [-0.3, -0.25) is 14.7 Å². The number of amides is 2. The van der Waals surface area contributed by atoms with Crippen LogP contribution in [0.1, 0.15) is 39.6 Å². The lowest BCUT2D eigenvalue weighted by molar-refractivity contribution is 0.0999. The first-order valence-electron chi connectivity index (χ1n) is 6.30. The van der Waals surface area contributed by atoms with Crippen LogP contribution in [0.4, 0.5) is 0 Å². The van der Waals surface area contributed by atoms with Gasteiger partial charge in [0, 0.05) is 22.9 Å². The molecule has 0 spiro atoms. The van der Waals surface area contributed by atoms with Gasteiger partial charge >= 0.3 is 0 Å². The second kappa shape index (κ2) is 5.56. The zero-order valence-corrected chi connectivity index (χ0v) is 11.1. The van der Waals surface area contributed by atoms with Crippen molar-refractivity contribution in [1.82, 2.24) is 10.2 Å². The van der Waals surface area contributed by atoms with Gasteiger partial charge in [-0.05, 0) is 29.7 Å². The van der Waals surface area contributed by atoms with Crippen LogP contribution < -0.4 is 11.5 Å². The molecular weight excluding hydrogens is 256 g/mol. The lowest BCUT2D eigenvalue weighted by atomic mass is 9.92. The van der Waals surface area contributed by atoms with E-state index in [0.29, 0.717) is 28.7 Å². The van der Waals surface area contributed by atoms with Gasteiger partial charge < -0.3 is 11.5 Å². The van der Waals surface area contributed by atoms with E-state index in [1.165, 1.54) is 0 Å². The van der Waals surface area contributed by atoms with E-state index < -0.39 is 11.8 Å². The number of nitrogens with two attached hydrogens (primary N) is 2. The number of aromatic amines is 1. The van der Waals surface area contributed by atoms with Crippen molar-refractivity contribution in [3.05, 3.63) is 41.2 Å². The molecule has 2 rings (SSSR count). The molecule has 0 atom stereocenters. The van der Waals surface area contributed by atoms with Gasteiger partial charge in [0.05, 0.1) is 6.20 Å². The van der Waals surface area contributed by atoms with Crippen molar-refractivity contribution < 1.29 is 9.59 Å². The Labute approximate surface area is 116 Å². The molecule has 0 aliphatic carbocycles. The first kappa shape index (κ1) is 13.8. The summed E-state index contributed by atoms with van der Waals surface area (Å²) in [5, 5.41) is 6.53. The highest BCUT2D eigenvalue weighted by molar-refractivity contribution is 6.02. The van der Waals surface area contributed by atoms with Crippen LogP contribution in [0.15, 0.2) is 24.5 Å². The molecule has 6 heteroatoms. The predicted molar refractivity (Wildman–Crippen MR) is 75.1 cm³/mol. The largest absolute Gasteiger partial charge is 0.366 e. The molecule has 1 aromatic heterocycles. The van der Waals surface area contributed by atoms with Crippen molar-refractivity contribution >= 4 is 11.8 Å². The SMILES string of the molecule is CCCc1c(C(N)=O)cc(-c2cn[nH]c2)cc1C(N)=O. The van der Waals surface area contributed by atoms with Crippen LogP contribution in [0, 0.1) is 0 Å². The van der Waals surface area contributed by atoms with Crippen LogP contribution >= 0.6 is 0 Å². The minimum absolute atomic E-state index is 0.333. The number of benzene rings is 1. The van der Waals surface area contributed by atoms with Gasteiger partial charge in [-0.2, -0.15) is 5.10 Å². The van der Waals surface area contributed by atoms with E-state index in [2.05, 4.69) is 10.2 Å². The van der Waals surface area contributed by atoms with Gasteiger partial charge in [-0.1, -0.05) is 13.3 Å². The van der Waals surface area contributed by atoms with Crippen LogP contribution in [-0.2, 0) is 6.42 Å². The molecule has 0 saturated carbocycles. The normalized spacial score (nSPS) is 10.4. The molecule has 0 bridgehead atoms. The number of rotatable bonds is 5. The number of H-pyrrole nitrogens is 1. The van der Waals surface area contributed by atoms with Crippen LogP contribution in [0.3, 0.4) is 0 Å². The number of carbonyl (C=O) groups excluding carboxylic acids is 2. The molecule has 104 valence electrons. The Hall–Kier alpha value is -2.63. The number of aromatic nitrogens is 2. The van der Waals surface area contributed by atoms with Crippen molar-refractivity contribution in [2.24, 2.45) is 11.5 Å². The van der Waals surface area contributed by atoms with E-state index in [4.69, 9.17) is 11.5 Å². The Balaban J connectivity index is 2.69. The average molecular weight is 272 g/mol. The molecule has 0 fully saturated rings. The van der Waals surface area contributed by atoms with Crippen LogP contribution in [-0.4, -0.2) is 22.0 Å². The number of nitrogens with one attached hydrogen (secondary N) is 1. The fourth-order valence-corrected chi connectivity index (χ4v) is 2.21. The minimum Gasteiger partial charge on any atom is -0.366 e. The van der Waals surface area contributed by atoms with Crippen LogP contribution in [0.5, 0.6) is 0 Å². The highest BCUT2D eigenvalue weighted by Gasteiger charge is 2.18. The van der Waals surface area contributed by atoms with Crippen LogP contribution in [0.25, 0.3) is 11.1 Å². The van der Waals surface area contributed by atoms with Crippen molar-refractivity contribution in [2.75, 3.05) is 0 Å². The Morgan fingerprint density at radius 1 is 1.15 bits per heavy atom. The van der Waals surface area contributed by atoms with E-state index in [0.717, 1.165) is 12.0 Å². The summed E-state index contributed by atoms with van der Waals surface area (Å²) < 4.78 is 0. The summed E-state index contributed by atoms with van der Waals surface area (Å²) >= 11 is 0. The lowest BCUT2D eigenvalue weighted by Gasteiger charge is -2.12. The van der Waals surface area contributed by atoms with E-state index in [-0.39, 0.29) is 0 Å². The van der Waals surface area contributed by atoms with Crippen molar-refractivity contribution in [3.8, 4) is 11.1 Å². The molecule has 0 aliphatic heterocycles. The van der Waals surface area contributed by atoms with E-state index in [9.17, 15) is 9.59 Å². The second-order valence-corrected chi connectivity index (χ2v) is 4.52. The molecule has 0 saturated heterocycles. The molecule has 2 aromatic rings. The molecule has 1 heterocycles. The van der Waals surface area contributed by atoms with Gasteiger partial charge in [-0.15, -0.1) is 0 Å². The summed E-state index contributed by atoms with van der Waals surface area (Å²) in [6.07, 6.45) is 4.63. The van der Waals surface area contributed by atoms with Crippen molar-refractivity contribution in [3.63, 3.8) is 0 Å². The van der Waals surface area contributed by atoms with Gasteiger partial charge in [0.1, 0.15) is 0 Å². The molecule has 6 nitrogen and oxygen atoms in total. The third kappa shape index (κ3) is 2.54. The molecule has 1 aromatic carbocycles. The van der Waals surface area contributed by atoms with Crippen molar-refractivity contribution in [2.45, 2.75) is 19.8 Å². The summed E-state index contributed by atoms with van der Waals surface area (Å²) in [5.74, 6) is -1.14. The first-order chi connectivity index (χ1) is 9.54. The van der Waals surface area contributed by atoms with Crippen molar-refractivity contribution in [1.29, 1.82) is 0 Å². The smallest absolute Gasteiger partial charge is 0.249 e. The maximum absolute atomic E-state index is 11.6. The zero-order valence-electron chi connectivity index (χ0n) is 11.1. The number of hydrogen-bond donors (Lipinski definition) is 3. The van der Waals surface area contributed by atoms with E-state index in [1.54, 1.807) is 24.5 Å². The molecular formula is C14H16N4O2. The molecule has 0 radical (unpaired) electrons. The van der Waals surface area contributed by atoms with Gasteiger partial charge in [0.2, 0.25) is 11.8 Å². The Kier molecular flexibility index (Phi) is 3.84. The average Bonchev–Trinajstić information content (AvgIpc) is 2.92. The molecule has 20 heavy (non-hydrogen) atoms. The summed E-state index contributed by atoms with van der Waals surface area (Å²) in [6, 6.07) is 3.34. The minimum atomic E-state index is -0.568. The van der Waals surface area contributed by atoms with Crippen LogP contribution in [0.2, 0.25) is 0 Å². The number of carbonyl (C=O) groups is 2. The third-order valence-corrected chi connectivity index (χ3v) is 3.11. The first-order valence-corrected chi connectivity index (χ1v) is 6.30. The second-order valence-electron chi connectivity index (χ2n) is 4.52. The molecule has 5 N–H and O–H groups in total. The van der Waals surface area contributed by atoms with Gasteiger partial charge in [0.15, 0.2) is 0 Å². The third-order valence-electron chi connectivity index (χ3n) is 3.11. The van der Waals surface area contributed by atoms with Gasteiger partial charge in [-0.25, -0.2) is 0 Å². The fourth-order valence-electron chi connectivity index (χ4n) is 2.21. The monoisotopic (exact) mass is 272 g/mol. The number of nitrogens with zero attached hydrogens (tertiary/aromatic N) is 1. The quantitative estimate of drug-likeness (QED) is 0.760. The lowest BCUT2D eigenvalue weighted by Crippen LogP contribution is -2.20. The topological polar surface area (TPSA) is 115 Å². The highest BCUT2D eigenvalue weighted by Crippen LogP contribution is 2.26. The number of hydrogen-bond acceptors (Lipinski definition) is 3. The van der Waals surface area contributed by atoms with E-state index in [1.807, 2.05) is 6.92 Å². The molecule has 2 amide bonds. The van der Waals surface area contributed by atoms with Gasteiger partial charge in [0.25, 0.3) is 0 Å². The summed E-state index contributed by atoms with van der Waals surface area (Å²) in [6.45, 7) is 1.96. The Morgan fingerprint density at radius 3 is 2.15 bits per heavy atom. The van der Waals surface area contributed by atoms with E-state index >= 15 is 0 Å². The zero-order chi connectivity index (χ0) is 14.7.